The van der Waals surface area contributed by atoms with Crippen LogP contribution in [0.4, 0.5) is 10.9 Å². The molecule has 9 nitrogen and oxygen atoms in total. The molecule has 1 aromatic carbocycles. The van der Waals surface area contributed by atoms with Crippen LogP contribution in [-0.2, 0) is 9.59 Å². The van der Waals surface area contributed by atoms with Crippen molar-refractivity contribution in [1.82, 2.24) is 24.8 Å². The summed E-state index contributed by atoms with van der Waals surface area (Å²) < 4.78 is 1.83. The minimum absolute atomic E-state index is 0.0684. The number of hydrogen-bond acceptors (Lipinski definition) is 7. The predicted molar refractivity (Wildman–Crippen MR) is 136 cm³/mol. The average Bonchev–Trinajstić information content (AvgIpc) is 3.47. The molecule has 0 saturated carbocycles. The molecule has 4 rings (SSSR count). The first-order valence-electron chi connectivity index (χ1n) is 11.7. The number of imidazole rings is 1. The van der Waals surface area contributed by atoms with Crippen LogP contribution in [-0.4, -0.2) is 70.1 Å². The number of carbonyl (C=O) groups is 2. The molecule has 1 fully saturated rings. The number of aromatic nitrogens is 3. The number of likely N-dealkylation sites (N-methyl/N-ethyl adjacent to an activating group) is 1. The van der Waals surface area contributed by atoms with E-state index in [2.05, 4.69) is 31.4 Å². The summed E-state index contributed by atoms with van der Waals surface area (Å²) in [5, 5.41) is 12.0. The lowest BCUT2D eigenvalue weighted by Crippen LogP contribution is -2.37. The Kier molecular flexibility index (Phi) is 7.06. The quantitative estimate of drug-likeness (QED) is 0.454. The molecule has 10 heteroatoms. The van der Waals surface area contributed by atoms with Gasteiger partial charge in [-0.25, -0.2) is 4.98 Å². The fourth-order valence-corrected chi connectivity index (χ4v) is 4.80. The zero-order chi connectivity index (χ0) is 24.3. The zero-order valence-electron chi connectivity index (χ0n) is 20.3. The summed E-state index contributed by atoms with van der Waals surface area (Å²) in [5.74, 6) is 0.988. The van der Waals surface area contributed by atoms with E-state index in [9.17, 15) is 9.59 Å². The van der Waals surface area contributed by atoms with Crippen molar-refractivity contribution in [3.8, 4) is 11.3 Å². The van der Waals surface area contributed by atoms with Gasteiger partial charge in [0.2, 0.25) is 21.9 Å². The lowest BCUT2D eigenvalue weighted by Gasteiger charge is -2.22. The summed E-state index contributed by atoms with van der Waals surface area (Å²) in [6.07, 6.45) is 2.34. The van der Waals surface area contributed by atoms with Crippen LogP contribution in [0.5, 0.6) is 0 Å². The van der Waals surface area contributed by atoms with Crippen molar-refractivity contribution in [3.63, 3.8) is 0 Å². The van der Waals surface area contributed by atoms with E-state index in [0.29, 0.717) is 19.5 Å². The van der Waals surface area contributed by atoms with Crippen molar-refractivity contribution in [2.75, 3.05) is 43.4 Å². The summed E-state index contributed by atoms with van der Waals surface area (Å²) in [7, 11) is 1.86. The molecule has 3 aromatic rings. The van der Waals surface area contributed by atoms with Crippen LogP contribution in [0.3, 0.4) is 0 Å². The topological polar surface area (TPSA) is 94.9 Å². The van der Waals surface area contributed by atoms with Crippen LogP contribution in [0.2, 0.25) is 0 Å². The third kappa shape index (κ3) is 5.67. The lowest BCUT2D eigenvalue weighted by atomic mass is 10.1. The molecule has 0 bridgehead atoms. The second kappa shape index (κ2) is 10.0. The van der Waals surface area contributed by atoms with Gasteiger partial charge in [-0.15, -0.1) is 5.10 Å². The standard InChI is InChI=1S/C24H33N7O2S/c1-24(2,3)27-21-20(17-10-6-5-7-11-17)26-22-31(21)28-23(34-22)29(4)16-18(32)25-13-9-15-30-14-8-12-19(30)33/h5-7,10-11,27H,8-9,12-16H2,1-4H3,(H,25,32). The number of anilines is 2. The van der Waals surface area contributed by atoms with Gasteiger partial charge in [0, 0.05) is 44.2 Å². The van der Waals surface area contributed by atoms with E-state index < -0.39 is 0 Å². The van der Waals surface area contributed by atoms with Crippen LogP contribution in [0.25, 0.3) is 16.2 Å². The summed E-state index contributed by atoms with van der Waals surface area (Å²) in [5.41, 5.74) is 1.71. The number of carbonyl (C=O) groups excluding carboxylic acids is 2. The molecular weight excluding hydrogens is 450 g/mol. The number of benzene rings is 1. The van der Waals surface area contributed by atoms with Crippen LogP contribution >= 0.6 is 11.3 Å². The molecule has 0 atom stereocenters. The van der Waals surface area contributed by atoms with Gasteiger partial charge in [0.15, 0.2) is 5.82 Å². The Morgan fingerprint density at radius 3 is 2.68 bits per heavy atom. The van der Waals surface area contributed by atoms with E-state index in [1.807, 2.05) is 51.7 Å². The number of nitrogens with one attached hydrogen (secondary N) is 2. The molecule has 0 aliphatic carbocycles. The Balaban J connectivity index is 1.41. The first-order chi connectivity index (χ1) is 16.2. The van der Waals surface area contributed by atoms with Crippen molar-refractivity contribution < 1.29 is 9.59 Å². The molecule has 2 aromatic heterocycles. The molecule has 3 heterocycles. The van der Waals surface area contributed by atoms with Gasteiger partial charge in [-0.1, -0.05) is 41.7 Å². The molecule has 1 aliphatic rings. The second-order valence-electron chi connectivity index (χ2n) is 9.67. The number of hydrogen-bond donors (Lipinski definition) is 2. The van der Waals surface area contributed by atoms with Crippen molar-refractivity contribution in [2.24, 2.45) is 0 Å². The highest BCUT2D eigenvalue weighted by Crippen LogP contribution is 2.34. The van der Waals surface area contributed by atoms with E-state index in [1.165, 1.54) is 11.3 Å². The van der Waals surface area contributed by atoms with E-state index in [4.69, 9.17) is 10.1 Å². The summed E-state index contributed by atoms with van der Waals surface area (Å²) in [6, 6.07) is 10.1. The Morgan fingerprint density at radius 1 is 1.24 bits per heavy atom. The van der Waals surface area contributed by atoms with Gasteiger partial charge >= 0.3 is 0 Å². The number of rotatable bonds is 9. The maximum atomic E-state index is 12.4. The van der Waals surface area contributed by atoms with Crippen LogP contribution < -0.4 is 15.5 Å². The highest BCUT2D eigenvalue weighted by Gasteiger charge is 2.23. The molecule has 0 radical (unpaired) electrons. The lowest BCUT2D eigenvalue weighted by molar-refractivity contribution is -0.127. The third-order valence-electron chi connectivity index (χ3n) is 5.54. The summed E-state index contributed by atoms with van der Waals surface area (Å²) in [4.78, 5) is 33.4. The number of likely N-dealkylation sites (tertiary alicyclic amines) is 1. The molecule has 0 unspecified atom stereocenters. The molecule has 1 aliphatic heterocycles. The maximum Gasteiger partial charge on any atom is 0.239 e. The summed E-state index contributed by atoms with van der Waals surface area (Å²) in [6.45, 7) is 8.59. The number of nitrogens with zero attached hydrogens (tertiary/aromatic N) is 5. The van der Waals surface area contributed by atoms with Gasteiger partial charge in [0.25, 0.3) is 0 Å². The van der Waals surface area contributed by atoms with Crippen molar-refractivity contribution in [2.45, 2.75) is 45.6 Å². The molecule has 1 saturated heterocycles. The fraction of sp³-hybridized carbons (Fsp3) is 0.500. The van der Waals surface area contributed by atoms with Gasteiger partial charge in [-0.2, -0.15) is 4.52 Å². The fourth-order valence-electron chi connectivity index (χ4n) is 3.93. The molecule has 0 spiro atoms. The number of amides is 2. The monoisotopic (exact) mass is 483 g/mol. The molecular formula is C24H33N7O2S. The Labute approximate surface area is 204 Å². The van der Waals surface area contributed by atoms with Gasteiger partial charge in [-0.3, -0.25) is 9.59 Å². The van der Waals surface area contributed by atoms with Crippen LogP contribution in [0, 0.1) is 0 Å². The average molecular weight is 484 g/mol. The molecule has 182 valence electrons. The SMILES string of the molecule is CN(CC(=O)NCCCN1CCCC1=O)c1nn2c(NC(C)(C)C)c(-c3ccccc3)nc2s1. The van der Waals surface area contributed by atoms with E-state index >= 15 is 0 Å². The smallest absolute Gasteiger partial charge is 0.239 e. The summed E-state index contributed by atoms with van der Waals surface area (Å²) >= 11 is 1.45. The van der Waals surface area contributed by atoms with Gasteiger partial charge in [0.1, 0.15) is 5.69 Å². The van der Waals surface area contributed by atoms with Gasteiger partial charge in [0.05, 0.1) is 6.54 Å². The third-order valence-corrected chi connectivity index (χ3v) is 6.56. The van der Waals surface area contributed by atoms with Crippen molar-refractivity contribution >= 4 is 39.1 Å². The Morgan fingerprint density at radius 2 is 2.00 bits per heavy atom. The number of fused-ring (bicyclic) bond motifs is 1. The maximum absolute atomic E-state index is 12.4. The van der Waals surface area contributed by atoms with E-state index in [-0.39, 0.29) is 23.9 Å². The first kappa shape index (κ1) is 24.0. The largest absolute Gasteiger partial charge is 0.364 e. The minimum Gasteiger partial charge on any atom is -0.364 e. The van der Waals surface area contributed by atoms with E-state index in [1.54, 1.807) is 0 Å². The Hall–Kier alpha value is -3.14. The van der Waals surface area contributed by atoms with Crippen molar-refractivity contribution in [3.05, 3.63) is 30.3 Å². The zero-order valence-corrected chi connectivity index (χ0v) is 21.1. The highest BCUT2D eigenvalue weighted by atomic mass is 32.1. The molecule has 2 amide bonds. The van der Waals surface area contributed by atoms with Crippen LogP contribution in [0.1, 0.15) is 40.0 Å². The molecule has 2 N–H and O–H groups in total. The Bertz CT molecular complexity index is 1150. The van der Waals surface area contributed by atoms with Crippen molar-refractivity contribution in [1.29, 1.82) is 0 Å². The molecule has 34 heavy (non-hydrogen) atoms. The highest BCUT2D eigenvalue weighted by molar-refractivity contribution is 7.20. The first-order valence-corrected chi connectivity index (χ1v) is 12.5. The minimum atomic E-state index is -0.172. The van der Waals surface area contributed by atoms with Crippen LogP contribution in [0.15, 0.2) is 30.3 Å². The van der Waals surface area contributed by atoms with E-state index in [0.717, 1.165) is 46.6 Å². The van der Waals surface area contributed by atoms with Gasteiger partial charge in [-0.05, 0) is 33.6 Å². The second-order valence-corrected chi connectivity index (χ2v) is 10.6. The predicted octanol–water partition coefficient (Wildman–Crippen LogP) is 3.23. The van der Waals surface area contributed by atoms with Gasteiger partial charge < -0.3 is 20.4 Å². The normalized spacial score (nSPS) is 14.1.